The van der Waals surface area contributed by atoms with Crippen LogP contribution in [0, 0.1) is 0 Å². The monoisotopic (exact) mass is 420 g/mol. The third kappa shape index (κ3) is 3.67. The van der Waals surface area contributed by atoms with Crippen molar-refractivity contribution in [1.82, 2.24) is 4.57 Å². The minimum atomic E-state index is -3.40. The van der Waals surface area contributed by atoms with Crippen molar-refractivity contribution in [2.75, 3.05) is 20.0 Å². The topological polar surface area (TPSA) is 87.0 Å². The van der Waals surface area contributed by atoms with E-state index >= 15 is 0 Å². The number of methoxy groups -OCH3 is 2. The quantitative estimate of drug-likeness (QED) is 0.633. The first-order valence-corrected chi connectivity index (χ1v) is 10.9. The molecular formula is C19H20N2O5S2. The second-order valence-electron chi connectivity index (χ2n) is 5.97. The van der Waals surface area contributed by atoms with Crippen molar-refractivity contribution in [3.05, 3.63) is 46.8 Å². The van der Waals surface area contributed by atoms with Gasteiger partial charge >= 0.3 is 0 Å². The Hall–Kier alpha value is -2.65. The molecule has 0 radical (unpaired) electrons. The van der Waals surface area contributed by atoms with Crippen LogP contribution in [0.15, 0.2) is 46.3 Å². The van der Waals surface area contributed by atoms with Crippen molar-refractivity contribution in [2.45, 2.75) is 11.8 Å². The Morgan fingerprint density at radius 1 is 1.14 bits per heavy atom. The Labute approximate surface area is 166 Å². The summed E-state index contributed by atoms with van der Waals surface area (Å²) in [6, 6.07) is 9.60. The van der Waals surface area contributed by atoms with Gasteiger partial charge in [-0.05, 0) is 18.2 Å². The van der Waals surface area contributed by atoms with Crippen molar-refractivity contribution in [3.8, 4) is 11.5 Å². The molecule has 0 spiro atoms. The summed E-state index contributed by atoms with van der Waals surface area (Å²) in [6.07, 6.45) is 0. The SMILES string of the molecule is CCS(=O)(=O)c1cccc(C(=O)N=c2sc3cc(OC)c(OC)cc3n2C)c1. The van der Waals surface area contributed by atoms with Crippen molar-refractivity contribution >= 4 is 37.3 Å². The van der Waals surface area contributed by atoms with Gasteiger partial charge in [-0.25, -0.2) is 8.42 Å². The van der Waals surface area contributed by atoms with Gasteiger partial charge in [0.2, 0.25) is 0 Å². The van der Waals surface area contributed by atoms with Gasteiger partial charge in [0.25, 0.3) is 5.91 Å². The molecule has 3 aromatic rings. The highest BCUT2D eigenvalue weighted by Crippen LogP contribution is 2.33. The predicted molar refractivity (Wildman–Crippen MR) is 108 cm³/mol. The lowest BCUT2D eigenvalue weighted by Gasteiger charge is -2.07. The Morgan fingerprint density at radius 2 is 1.82 bits per heavy atom. The Morgan fingerprint density at radius 3 is 2.46 bits per heavy atom. The van der Waals surface area contributed by atoms with E-state index in [1.807, 2.05) is 12.1 Å². The molecule has 0 atom stereocenters. The molecule has 28 heavy (non-hydrogen) atoms. The molecule has 7 nitrogen and oxygen atoms in total. The zero-order valence-electron chi connectivity index (χ0n) is 15.9. The van der Waals surface area contributed by atoms with E-state index in [0.29, 0.717) is 16.3 Å². The number of rotatable bonds is 5. The zero-order valence-corrected chi connectivity index (χ0v) is 17.6. The number of aryl methyl sites for hydroxylation is 1. The van der Waals surface area contributed by atoms with E-state index in [2.05, 4.69) is 4.99 Å². The van der Waals surface area contributed by atoms with Crippen LogP contribution in [0.3, 0.4) is 0 Å². The minimum Gasteiger partial charge on any atom is -0.493 e. The van der Waals surface area contributed by atoms with Gasteiger partial charge in [-0.3, -0.25) is 4.79 Å². The highest BCUT2D eigenvalue weighted by atomic mass is 32.2. The standard InChI is InChI=1S/C19H20N2O5S2/c1-5-28(23,24)13-8-6-7-12(9-13)18(22)20-19-21(2)14-10-15(25-3)16(26-4)11-17(14)27-19/h6-11H,5H2,1-4H3. The molecule has 1 aromatic heterocycles. The molecule has 0 N–H and O–H groups in total. The fraction of sp³-hybridized carbons (Fsp3) is 0.263. The Kier molecular flexibility index (Phi) is 5.57. The fourth-order valence-corrected chi connectivity index (χ4v) is 4.65. The summed E-state index contributed by atoms with van der Waals surface area (Å²) in [5, 5.41) is 0. The summed E-state index contributed by atoms with van der Waals surface area (Å²) in [4.78, 5) is 17.4. The van der Waals surface area contributed by atoms with Crippen LogP contribution in [0.4, 0.5) is 0 Å². The maximum Gasteiger partial charge on any atom is 0.279 e. The second-order valence-corrected chi connectivity index (χ2v) is 9.25. The molecular weight excluding hydrogens is 400 g/mol. The summed E-state index contributed by atoms with van der Waals surface area (Å²) < 4.78 is 37.4. The number of thiazole rings is 1. The van der Waals surface area contributed by atoms with E-state index in [1.165, 1.54) is 23.5 Å². The first-order valence-electron chi connectivity index (χ1n) is 8.44. The van der Waals surface area contributed by atoms with Crippen molar-refractivity contribution < 1.29 is 22.7 Å². The van der Waals surface area contributed by atoms with Crippen LogP contribution in [0.1, 0.15) is 17.3 Å². The number of nitrogens with zero attached hydrogens (tertiary/aromatic N) is 2. The third-order valence-corrected chi connectivity index (χ3v) is 7.16. The zero-order chi connectivity index (χ0) is 20.5. The average molecular weight is 421 g/mol. The van der Waals surface area contributed by atoms with E-state index in [-0.39, 0.29) is 16.2 Å². The van der Waals surface area contributed by atoms with Gasteiger partial charge < -0.3 is 14.0 Å². The Balaban J connectivity index is 2.09. The highest BCUT2D eigenvalue weighted by molar-refractivity contribution is 7.91. The molecule has 0 bridgehead atoms. The number of aromatic nitrogens is 1. The van der Waals surface area contributed by atoms with E-state index in [1.54, 1.807) is 44.9 Å². The molecule has 0 saturated carbocycles. The van der Waals surface area contributed by atoms with Crippen LogP contribution in [0.2, 0.25) is 0 Å². The number of hydrogen-bond acceptors (Lipinski definition) is 6. The maximum atomic E-state index is 12.6. The fourth-order valence-electron chi connectivity index (χ4n) is 2.70. The summed E-state index contributed by atoms with van der Waals surface area (Å²) in [5.41, 5.74) is 1.07. The number of carbonyl (C=O) groups excluding carboxylic acids is 1. The van der Waals surface area contributed by atoms with Gasteiger partial charge in [-0.2, -0.15) is 4.99 Å². The molecule has 0 aliphatic heterocycles. The van der Waals surface area contributed by atoms with Gasteiger partial charge in [-0.1, -0.05) is 24.3 Å². The number of ether oxygens (including phenoxy) is 2. The highest BCUT2D eigenvalue weighted by Gasteiger charge is 2.15. The maximum absolute atomic E-state index is 12.6. The lowest BCUT2D eigenvalue weighted by Crippen LogP contribution is -2.13. The van der Waals surface area contributed by atoms with Gasteiger partial charge in [0.05, 0.1) is 35.1 Å². The van der Waals surface area contributed by atoms with Crippen LogP contribution >= 0.6 is 11.3 Å². The van der Waals surface area contributed by atoms with Crippen LogP contribution in [0.5, 0.6) is 11.5 Å². The number of amides is 1. The molecule has 0 fully saturated rings. The van der Waals surface area contributed by atoms with E-state index in [0.717, 1.165) is 10.2 Å². The van der Waals surface area contributed by atoms with Crippen molar-refractivity contribution in [2.24, 2.45) is 12.0 Å². The number of hydrogen-bond donors (Lipinski definition) is 0. The summed E-state index contributed by atoms with van der Waals surface area (Å²) in [6.45, 7) is 1.56. The van der Waals surface area contributed by atoms with Gasteiger partial charge in [0.15, 0.2) is 26.1 Å². The van der Waals surface area contributed by atoms with E-state index in [9.17, 15) is 13.2 Å². The minimum absolute atomic E-state index is 0.0310. The predicted octanol–water partition coefficient (Wildman–Crippen LogP) is 2.79. The Bertz CT molecular complexity index is 1220. The van der Waals surface area contributed by atoms with E-state index in [4.69, 9.17) is 9.47 Å². The molecule has 0 aliphatic carbocycles. The first kappa shape index (κ1) is 20.1. The number of fused-ring (bicyclic) bond motifs is 1. The molecule has 148 valence electrons. The van der Waals surface area contributed by atoms with Crippen LogP contribution in [0.25, 0.3) is 10.2 Å². The van der Waals surface area contributed by atoms with Gasteiger partial charge in [0.1, 0.15) is 0 Å². The van der Waals surface area contributed by atoms with Crippen LogP contribution in [-0.4, -0.2) is 38.9 Å². The lowest BCUT2D eigenvalue weighted by molar-refractivity contribution is 0.0997. The summed E-state index contributed by atoms with van der Waals surface area (Å²) in [7, 11) is 1.52. The third-order valence-electron chi connectivity index (χ3n) is 4.33. The van der Waals surface area contributed by atoms with Crippen LogP contribution in [-0.2, 0) is 16.9 Å². The number of benzene rings is 2. The largest absolute Gasteiger partial charge is 0.493 e. The molecule has 0 unspecified atom stereocenters. The molecule has 9 heteroatoms. The summed E-state index contributed by atoms with van der Waals surface area (Å²) >= 11 is 1.33. The number of sulfone groups is 1. The average Bonchev–Trinajstić information content (AvgIpc) is 3.01. The molecule has 3 rings (SSSR count). The van der Waals surface area contributed by atoms with Crippen LogP contribution < -0.4 is 14.3 Å². The van der Waals surface area contributed by atoms with Gasteiger partial charge in [0, 0.05) is 24.7 Å². The molecule has 0 saturated heterocycles. The molecule has 0 aliphatic rings. The van der Waals surface area contributed by atoms with Crippen molar-refractivity contribution in [1.29, 1.82) is 0 Å². The van der Waals surface area contributed by atoms with Crippen molar-refractivity contribution in [3.63, 3.8) is 0 Å². The molecule has 2 aromatic carbocycles. The number of carbonyl (C=O) groups is 1. The normalized spacial score (nSPS) is 12.4. The lowest BCUT2D eigenvalue weighted by atomic mass is 10.2. The summed E-state index contributed by atoms with van der Waals surface area (Å²) in [5.74, 6) is 0.636. The second kappa shape index (κ2) is 7.76. The smallest absolute Gasteiger partial charge is 0.279 e. The first-order chi connectivity index (χ1) is 13.3. The molecule has 1 amide bonds. The van der Waals surface area contributed by atoms with E-state index < -0.39 is 15.7 Å². The van der Waals surface area contributed by atoms with Gasteiger partial charge in [-0.15, -0.1) is 0 Å². The molecule has 1 heterocycles.